The van der Waals surface area contributed by atoms with Gasteiger partial charge in [-0.1, -0.05) is 6.07 Å². The summed E-state index contributed by atoms with van der Waals surface area (Å²) in [5.74, 6) is 0. The van der Waals surface area contributed by atoms with Gasteiger partial charge in [-0.15, -0.1) is 0 Å². The number of benzene rings is 1. The molecule has 0 aliphatic rings. The van der Waals surface area contributed by atoms with Crippen LogP contribution in [0.4, 0.5) is 13.2 Å². The molecule has 0 fully saturated rings. The number of rotatable bonds is 2. The predicted molar refractivity (Wildman–Crippen MR) is 70.2 cm³/mol. The molecule has 2 nitrogen and oxygen atoms in total. The van der Waals surface area contributed by atoms with E-state index in [1.54, 1.807) is 20.8 Å². The summed E-state index contributed by atoms with van der Waals surface area (Å²) >= 11 is 0. The second-order valence-electron chi connectivity index (χ2n) is 5.50. The van der Waals surface area contributed by atoms with Crippen molar-refractivity contribution in [2.24, 2.45) is 0 Å². The smallest absolute Gasteiger partial charge is 0.237 e. The summed E-state index contributed by atoms with van der Waals surface area (Å²) in [6.07, 6.45) is -4.43. The molecule has 0 saturated heterocycles. The minimum Gasteiger partial charge on any atom is -0.237 e. The van der Waals surface area contributed by atoms with Crippen LogP contribution in [0.25, 0.3) is 0 Å². The van der Waals surface area contributed by atoms with Crippen molar-refractivity contribution in [3.05, 3.63) is 28.8 Å². The second-order valence-corrected chi connectivity index (χ2v) is 6.68. The van der Waals surface area contributed by atoms with Crippen molar-refractivity contribution in [1.29, 1.82) is 0 Å². The van der Waals surface area contributed by atoms with Crippen LogP contribution < -0.4 is 4.72 Å². The summed E-state index contributed by atoms with van der Waals surface area (Å²) in [5, 5.41) is 0. The molecular weight excluding hydrogens is 275 g/mol. The van der Waals surface area contributed by atoms with Crippen molar-refractivity contribution in [3.8, 4) is 0 Å². The Labute approximate surface area is 114 Å². The molecule has 6 heteroatoms. The van der Waals surface area contributed by atoms with Crippen LogP contribution in [0.1, 0.15) is 37.5 Å². The fourth-order valence-corrected chi connectivity index (χ4v) is 3.04. The summed E-state index contributed by atoms with van der Waals surface area (Å²) < 4.78 is 53.8. The molecule has 1 aromatic rings. The Balaban J connectivity index is 3.29. The monoisotopic (exact) mass is 293 g/mol. The number of aryl methyl sites for hydroxylation is 1. The maximum Gasteiger partial charge on any atom is 0.416 e. The molecule has 1 atom stereocenters. The zero-order chi connectivity index (χ0) is 15.0. The Morgan fingerprint density at radius 3 is 2.05 bits per heavy atom. The zero-order valence-corrected chi connectivity index (χ0v) is 12.4. The summed E-state index contributed by atoms with van der Waals surface area (Å²) in [6, 6.07) is 2.84. The molecule has 0 bridgehead atoms. The number of hydrogen-bond acceptors (Lipinski definition) is 1. The van der Waals surface area contributed by atoms with E-state index in [9.17, 15) is 17.4 Å². The van der Waals surface area contributed by atoms with Gasteiger partial charge < -0.3 is 0 Å². The molecule has 1 rings (SSSR count). The third kappa shape index (κ3) is 4.04. The van der Waals surface area contributed by atoms with Gasteiger partial charge in [-0.25, -0.2) is 8.93 Å². The minimum atomic E-state index is -4.43. The highest BCUT2D eigenvalue weighted by atomic mass is 32.2. The Hall–Kier alpha value is -0.880. The molecule has 1 N–H and O–H groups in total. The van der Waals surface area contributed by atoms with E-state index in [1.165, 1.54) is 26.0 Å². The van der Waals surface area contributed by atoms with Crippen molar-refractivity contribution >= 4 is 11.0 Å². The van der Waals surface area contributed by atoms with Gasteiger partial charge in [0.1, 0.15) is 11.0 Å². The van der Waals surface area contributed by atoms with Crippen LogP contribution in [-0.4, -0.2) is 9.75 Å². The molecular formula is C13H18F3NOS. The van der Waals surface area contributed by atoms with Gasteiger partial charge in [0.2, 0.25) is 0 Å². The first-order valence-corrected chi connectivity index (χ1v) is 6.95. The van der Waals surface area contributed by atoms with E-state index >= 15 is 0 Å². The van der Waals surface area contributed by atoms with Crippen LogP contribution in [0.5, 0.6) is 0 Å². The SMILES string of the molecule is Cc1ccc(S(=O)NC(C)(C)C)c(C)c1C(F)(F)F. The standard InChI is InChI=1S/C13H18F3NOS/c1-8-6-7-10(19(18)17-12(3,4)5)9(2)11(8)13(14,15)16/h6-7,17H,1-5H3. The van der Waals surface area contributed by atoms with Gasteiger partial charge in [0.15, 0.2) is 0 Å². The van der Waals surface area contributed by atoms with Crippen LogP contribution >= 0.6 is 0 Å². The molecule has 0 amide bonds. The van der Waals surface area contributed by atoms with Crippen molar-refractivity contribution in [1.82, 2.24) is 4.72 Å². The van der Waals surface area contributed by atoms with E-state index in [-0.39, 0.29) is 16.0 Å². The lowest BCUT2D eigenvalue weighted by Crippen LogP contribution is -2.37. The Kier molecular flexibility index (Phi) is 4.47. The predicted octanol–water partition coefficient (Wildman–Crippen LogP) is 3.73. The molecule has 0 heterocycles. The average molecular weight is 293 g/mol. The van der Waals surface area contributed by atoms with Gasteiger partial charge in [-0.2, -0.15) is 13.2 Å². The summed E-state index contributed by atoms with van der Waals surface area (Å²) in [5.41, 5.74) is -0.987. The van der Waals surface area contributed by atoms with E-state index < -0.39 is 28.3 Å². The number of nitrogens with one attached hydrogen (secondary N) is 1. The van der Waals surface area contributed by atoms with E-state index in [0.717, 1.165) is 0 Å². The molecule has 0 aliphatic heterocycles. The maximum absolute atomic E-state index is 13.0. The van der Waals surface area contributed by atoms with E-state index in [2.05, 4.69) is 4.72 Å². The van der Waals surface area contributed by atoms with Crippen LogP contribution in [0, 0.1) is 13.8 Å². The second kappa shape index (κ2) is 5.25. The highest BCUT2D eigenvalue weighted by Crippen LogP contribution is 2.36. The molecule has 19 heavy (non-hydrogen) atoms. The van der Waals surface area contributed by atoms with E-state index in [0.29, 0.717) is 0 Å². The lowest BCUT2D eigenvalue weighted by Gasteiger charge is -2.22. The molecule has 0 aliphatic carbocycles. The van der Waals surface area contributed by atoms with Gasteiger partial charge >= 0.3 is 6.18 Å². The van der Waals surface area contributed by atoms with Gasteiger partial charge in [-0.05, 0) is 51.8 Å². The molecule has 108 valence electrons. The van der Waals surface area contributed by atoms with Gasteiger partial charge in [0.05, 0.1) is 10.5 Å². The van der Waals surface area contributed by atoms with Crippen molar-refractivity contribution in [2.75, 3.05) is 0 Å². The Bertz CT molecular complexity index is 504. The van der Waals surface area contributed by atoms with Crippen LogP contribution in [0.2, 0.25) is 0 Å². The van der Waals surface area contributed by atoms with Gasteiger partial charge in [0, 0.05) is 5.54 Å². The van der Waals surface area contributed by atoms with Crippen LogP contribution in [0.3, 0.4) is 0 Å². The fraction of sp³-hybridized carbons (Fsp3) is 0.538. The lowest BCUT2D eigenvalue weighted by atomic mass is 10.0. The van der Waals surface area contributed by atoms with Crippen molar-refractivity contribution in [3.63, 3.8) is 0 Å². The molecule has 1 unspecified atom stereocenters. The van der Waals surface area contributed by atoms with Gasteiger partial charge in [-0.3, -0.25) is 0 Å². The summed E-state index contributed by atoms with van der Waals surface area (Å²) in [4.78, 5) is 0.174. The number of halogens is 3. The highest BCUT2D eigenvalue weighted by molar-refractivity contribution is 7.83. The Morgan fingerprint density at radius 1 is 1.11 bits per heavy atom. The molecule has 0 radical (unpaired) electrons. The lowest BCUT2D eigenvalue weighted by molar-refractivity contribution is -0.138. The molecule has 1 aromatic carbocycles. The van der Waals surface area contributed by atoms with Crippen LogP contribution in [-0.2, 0) is 17.2 Å². The van der Waals surface area contributed by atoms with E-state index in [1.807, 2.05) is 0 Å². The average Bonchev–Trinajstić information content (AvgIpc) is 2.11. The van der Waals surface area contributed by atoms with Crippen molar-refractivity contribution < 1.29 is 17.4 Å². The zero-order valence-electron chi connectivity index (χ0n) is 11.6. The van der Waals surface area contributed by atoms with Crippen molar-refractivity contribution in [2.45, 2.75) is 51.2 Å². The van der Waals surface area contributed by atoms with Gasteiger partial charge in [0.25, 0.3) is 0 Å². The molecule has 0 aromatic heterocycles. The fourth-order valence-electron chi connectivity index (χ4n) is 1.80. The first kappa shape index (κ1) is 16.2. The first-order chi connectivity index (χ1) is 8.43. The summed E-state index contributed by atoms with van der Waals surface area (Å²) in [6.45, 7) is 8.17. The molecule has 0 saturated carbocycles. The minimum absolute atomic E-state index is 0.0163. The first-order valence-electron chi connectivity index (χ1n) is 5.80. The largest absolute Gasteiger partial charge is 0.416 e. The highest BCUT2D eigenvalue weighted by Gasteiger charge is 2.35. The normalized spacial score (nSPS) is 14.5. The number of hydrogen-bond donors (Lipinski definition) is 1. The summed E-state index contributed by atoms with van der Waals surface area (Å²) in [7, 11) is -1.67. The Morgan fingerprint density at radius 2 is 1.63 bits per heavy atom. The van der Waals surface area contributed by atoms with Crippen LogP contribution in [0.15, 0.2) is 17.0 Å². The topological polar surface area (TPSA) is 29.1 Å². The quantitative estimate of drug-likeness (QED) is 0.884. The van der Waals surface area contributed by atoms with E-state index in [4.69, 9.17) is 0 Å². The maximum atomic E-state index is 13.0. The number of alkyl halides is 3. The third-order valence-electron chi connectivity index (χ3n) is 2.51. The third-order valence-corrected chi connectivity index (χ3v) is 4.15. The molecule has 0 spiro atoms.